The third-order valence-corrected chi connectivity index (χ3v) is 7.29. The molecule has 4 nitrogen and oxygen atoms in total. The van der Waals surface area contributed by atoms with Crippen LogP contribution < -0.4 is 5.73 Å². The minimum Gasteiger partial charge on any atom is -0.372 e. The van der Waals surface area contributed by atoms with Crippen LogP contribution in [0.25, 0.3) is 0 Å². The van der Waals surface area contributed by atoms with Gasteiger partial charge in [-0.15, -0.1) is 23.7 Å². The summed E-state index contributed by atoms with van der Waals surface area (Å²) in [6.07, 6.45) is 6.55. The number of halogens is 1. The molecule has 0 aromatic carbocycles. The zero-order valence-corrected chi connectivity index (χ0v) is 15.8. The maximum Gasteiger partial charge on any atom is 0.258 e. The minimum absolute atomic E-state index is 0. The molecule has 6 heteroatoms. The molecule has 134 valence electrons. The number of likely N-dealkylation sites (tertiary alicyclic amines) is 1. The van der Waals surface area contributed by atoms with E-state index in [1.165, 1.54) is 54.9 Å². The number of hydrogen-bond donors (Lipinski definition) is 1. The molecule has 2 bridgehead atoms. The average molecular weight is 371 g/mol. The van der Waals surface area contributed by atoms with E-state index >= 15 is 0 Å². The SMILES string of the molecule is CO[C@]1(c2ccc(C(N)=O)s2)[C@@H]2CCC[C@H]1CN(CC1CC1)C2.Cl. The second-order valence-electron chi connectivity index (χ2n) is 7.51. The summed E-state index contributed by atoms with van der Waals surface area (Å²) in [5.41, 5.74) is 5.25. The first-order valence-corrected chi connectivity index (χ1v) is 9.62. The Hall–Kier alpha value is -0.620. The second kappa shape index (κ2) is 6.94. The van der Waals surface area contributed by atoms with E-state index in [2.05, 4.69) is 11.0 Å². The van der Waals surface area contributed by atoms with Gasteiger partial charge in [-0.1, -0.05) is 6.42 Å². The lowest BCUT2D eigenvalue weighted by Crippen LogP contribution is -2.59. The molecule has 1 aliphatic heterocycles. The molecule has 2 saturated carbocycles. The molecule has 2 heterocycles. The predicted octanol–water partition coefficient (Wildman–Crippen LogP) is 3.25. The Bertz CT molecular complexity index is 588. The molecule has 2 N–H and O–H groups in total. The van der Waals surface area contributed by atoms with Crippen LogP contribution in [0.3, 0.4) is 0 Å². The molecule has 0 radical (unpaired) electrons. The minimum atomic E-state index is -0.330. The number of carbonyl (C=O) groups is 1. The van der Waals surface area contributed by atoms with Gasteiger partial charge >= 0.3 is 0 Å². The Morgan fingerprint density at radius 1 is 1.29 bits per heavy atom. The van der Waals surface area contributed by atoms with Gasteiger partial charge in [0.15, 0.2) is 0 Å². The summed E-state index contributed by atoms with van der Waals surface area (Å²) in [7, 11) is 1.85. The second-order valence-corrected chi connectivity index (χ2v) is 8.60. The molecular formula is C18H27ClN2O2S. The number of thiophene rings is 1. The van der Waals surface area contributed by atoms with Crippen molar-refractivity contribution in [3.63, 3.8) is 0 Å². The first-order valence-electron chi connectivity index (χ1n) is 8.81. The zero-order chi connectivity index (χ0) is 16.0. The van der Waals surface area contributed by atoms with Crippen LogP contribution in [0.15, 0.2) is 12.1 Å². The number of rotatable bonds is 5. The average Bonchev–Trinajstić information content (AvgIpc) is 3.18. The summed E-state index contributed by atoms with van der Waals surface area (Å²) in [5, 5.41) is 0. The van der Waals surface area contributed by atoms with Crippen molar-refractivity contribution in [2.75, 3.05) is 26.7 Å². The smallest absolute Gasteiger partial charge is 0.258 e. The number of piperidine rings is 1. The summed E-state index contributed by atoms with van der Waals surface area (Å²) < 4.78 is 6.23. The van der Waals surface area contributed by atoms with E-state index in [9.17, 15) is 4.79 Å². The summed E-state index contributed by atoms with van der Waals surface area (Å²) in [6.45, 7) is 3.53. The maximum absolute atomic E-state index is 11.5. The lowest BCUT2D eigenvalue weighted by molar-refractivity contribution is -0.167. The van der Waals surface area contributed by atoms with Crippen LogP contribution in [0.2, 0.25) is 0 Å². The van der Waals surface area contributed by atoms with E-state index in [1.807, 2.05) is 13.2 Å². The molecule has 4 rings (SSSR count). The lowest BCUT2D eigenvalue weighted by atomic mass is 9.64. The fourth-order valence-corrected chi connectivity index (χ4v) is 6.04. The van der Waals surface area contributed by atoms with Gasteiger partial charge in [-0.3, -0.25) is 4.79 Å². The first-order chi connectivity index (χ1) is 11.1. The molecule has 2 aliphatic carbocycles. The third-order valence-electron chi connectivity index (χ3n) is 6.06. The van der Waals surface area contributed by atoms with Crippen LogP contribution in [0.5, 0.6) is 0 Å². The molecule has 0 unspecified atom stereocenters. The van der Waals surface area contributed by atoms with Crippen LogP contribution in [0.4, 0.5) is 0 Å². The van der Waals surface area contributed by atoms with E-state index in [0.29, 0.717) is 16.7 Å². The standard InChI is InChI=1S/C18H26N2O2S.ClH/c1-22-18(16-8-7-15(23-16)17(19)21)13-3-2-4-14(18)11-20(10-13)9-12-5-6-12;/h7-8,12-14H,2-6,9-11H2,1H3,(H2,19,21);1H/t13-,14+,18-;. The molecule has 3 atom stereocenters. The molecule has 1 amide bonds. The number of amides is 1. The van der Waals surface area contributed by atoms with Crippen molar-refractivity contribution in [2.45, 2.75) is 37.7 Å². The number of nitrogens with zero attached hydrogens (tertiary/aromatic N) is 1. The Morgan fingerprint density at radius 2 is 1.96 bits per heavy atom. The highest BCUT2D eigenvalue weighted by Crippen LogP contribution is 2.53. The Labute approximate surface area is 154 Å². The van der Waals surface area contributed by atoms with Gasteiger partial charge < -0.3 is 15.4 Å². The van der Waals surface area contributed by atoms with Crippen molar-refractivity contribution in [2.24, 2.45) is 23.5 Å². The van der Waals surface area contributed by atoms with Crippen molar-refractivity contribution in [1.29, 1.82) is 0 Å². The fourth-order valence-electron chi connectivity index (χ4n) is 4.86. The Balaban J connectivity index is 0.00000169. The number of hydrogen-bond acceptors (Lipinski definition) is 4. The molecule has 1 aromatic rings. The van der Waals surface area contributed by atoms with Crippen molar-refractivity contribution < 1.29 is 9.53 Å². The molecule has 0 spiro atoms. The van der Waals surface area contributed by atoms with E-state index < -0.39 is 0 Å². The van der Waals surface area contributed by atoms with Gasteiger partial charge in [-0.25, -0.2) is 0 Å². The van der Waals surface area contributed by atoms with Crippen molar-refractivity contribution in [3.8, 4) is 0 Å². The zero-order valence-electron chi connectivity index (χ0n) is 14.2. The van der Waals surface area contributed by atoms with Crippen molar-refractivity contribution in [3.05, 3.63) is 21.9 Å². The van der Waals surface area contributed by atoms with Gasteiger partial charge in [0.25, 0.3) is 5.91 Å². The van der Waals surface area contributed by atoms with E-state index in [0.717, 1.165) is 19.0 Å². The van der Waals surface area contributed by atoms with Gasteiger partial charge in [0.2, 0.25) is 0 Å². The third kappa shape index (κ3) is 3.00. The number of methoxy groups -OCH3 is 1. The van der Waals surface area contributed by atoms with E-state index in [4.69, 9.17) is 10.5 Å². The summed E-state index contributed by atoms with van der Waals surface area (Å²) in [6, 6.07) is 3.95. The molecule has 3 fully saturated rings. The summed E-state index contributed by atoms with van der Waals surface area (Å²) >= 11 is 1.54. The summed E-state index contributed by atoms with van der Waals surface area (Å²) in [5.74, 6) is 1.66. The van der Waals surface area contributed by atoms with Gasteiger partial charge in [0, 0.05) is 43.5 Å². The monoisotopic (exact) mass is 370 g/mol. The van der Waals surface area contributed by atoms with Crippen molar-refractivity contribution >= 4 is 29.7 Å². The molecule has 3 aliphatic rings. The number of primary amides is 1. The summed E-state index contributed by atoms with van der Waals surface area (Å²) in [4.78, 5) is 16.0. The largest absolute Gasteiger partial charge is 0.372 e. The van der Waals surface area contributed by atoms with Gasteiger partial charge in [-0.2, -0.15) is 0 Å². The maximum atomic E-state index is 11.5. The Kier molecular flexibility index (Phi) is 5.26. The lowest BCUT2D eigenvalue weighted by Gasteiger charge is -2.55. The van der Waals surface area contributed by atoms with Crippen LogP contribution in [0.1, 0.15) is 46.7 Å². The quantitative estimate of drug-likeness (QED) is 0.865. The number of fused-ring (bicyclic) bond motifs is 2. The van der Waals surface area contributed by atoms with E-state index in [-0.39, 0.29) is 23.9 Å². The van der Waals surface area contributed by atoms with Gasteiger partial charge in [-0.05, 0) is 43.7 Å². The number of ether oxygens (including phenoxy) is 1. The fraction of sp³-hybridized carbons (Fsp3) is 0.722. The number of carbonyl (C=O) groups excluding carboxylic acids is 1. The van der Waals surface area contributed by atoms with Crippen LogP contribution >= 0.6 is 23.7 Å². The van der Waals surface area contributed by atoms with Crippen molar-refractivity contribution in [1.82, 2.24) is 4.90 Å². The van der Waals surface area contributed by atoms with E-state index in [1.54, 1.807) is 0 Å². The van der Waals surface area contributed by atoms with Gasteiger partial charge in [0.1, 0.15) is 5.60 Å². The Morgan fingerprint density at radius 3 is 2.46 bits per heavy atom. The predicted molar refractivity (Wildman–Crippen MR) is 98.8 cm³/mol. The molecule has 1 saturated heterocycles. The van der Waals surface area contributed by atoms with Gasteiger partial charge in [0.05, 0.1) is 4.88 Å². The topological polar surface area (TPSA) is 55.6 Å². The highest BCUT2D eigenvalue weighted by molar-refractivity contribution is 7.14. The first kappa shape index (κ1) is 18.2. The molecule has 1 aromatic heterocycles. The highest BCUT2D eigenvalue weighted by Gasteiger charge is 2.54. The van der Waals surface area contributed by atoms with Crippen LogP contribution in [0, 0.1) is 17.8 Å². The molecular weight excluding hydrogens is 344 g/mol. The number of nitrogens with two attached hydrogens (primary N) is 1. The molecule has 24 heavy (non-hydrogen) atoms. The highest BCUT2D eigenvalue weighted by atomic mass is 35.5. The van der Waals surface area contributed by atoms with Crippen LogP contribution in [-0.2, 0) is 10.3 Å². The normalized spacial score (nSPS) is 33.0. The van der Waals surface area contributed by atoms with Crippen LogP contribution in [-0.4, -0.2) is 37.6 Å².